The molecule has 1 unspecified atom stereocenters. The highest BCUT2D eigenvalue weighted by molar-refractivity contribution is 5.36. The monoisotopic (exact) mass is 212 g/mol. The minimum Gasteiger partial charge on any atom is -0.458 e. The van der Waals surface area contributed by atoms with Gasteiger partial charge in [0.25, 0.3) is 0 Å². The summed E-state index contributed by atoms with van der Waals surface area (Å²) < 4.78 is 5.61. The van der Waals surface area contributed by atoms with Gasteiger partial charge in [0.1, 0.15) is 11.5 Å². The van der Waals surface area contributed by atoms with Gasteiger partial charge in [-0.25, -0.2) is 0 Å². The van der Waals surface area contributed by atoms with Gasteiger partial charge < -0.3 is 10.5 Å². The maximum atomic E-state index is 8.65. The smallest absolute Gasteiger partial charge is 0.127 e. The number of ether oxygens (including phenoxy) is 1. The zero-order chi connectivity index (χ0) is 11.4. The summed E-state index contributed by atoms with van der Waals surface area (Å²) in [6.07, 6.45) is 6.54. The van der Waals surface area contributed by atoms with Crippen molar-refractivity contribution in [2.75, 3.05) is 0 Å². The summed E-state index contributed by atoms with van der Waals surface area (Å²) in [6, 6.07) is 9.17. The van der Waals surface area contributed by atoms with Gasteiger partial charge in [0.2, 0.25) is 0 Å². The number of allylic oxidation sites excluding steroid dienone is 1. The second-order valence-electron chi connectivity index (χ2n) is 3.60. The number of nitrogens with zero attached hydrogens (tertiary/aromatic N) is 1. The first-order valence-electron chi connectivity index (χ1n) is 5.10. The van der Waals surface area contributed by atoms with Gasteiger partial charge in [0, 0.05) is 6.04 Å². The van der Waals surface area contributed by atoms with E-state index in [-0.39, 0.29) is 6.04 Å². The predicted octanol–water partition coefficient (Wildman–Crippen LogP) is 2.11. The van der Waals surface area contributed by atoms with Crippen molar-refractivity contribution in [2.45, 2.75) is 12.5 Å². The molecule has 1 aliphatic rings. The van der Waals surface area contributed by atoms with Gasteiger partial charge in [0.15, 0.2) is 0 Å². The first-order valence-corrected chi connectivity index (χ1v) is 5.10. The first kappa shape index (κ1) is 10.5. The molecule has 16 heavy (non-hydrogen) atoms. The first-order chi connectivity index (χ1) is 7.78. The van der Waals surface area contributed by atoms with E-state index >= 15 is 0 Å². The standard InChI is InChI=1S/C13H12N2O/c14-9-10-1-5-12(6-2-10)16-13-7-3-11(15)4-8-13/h1-3,5-8,11H,4,15H2. The molecule has 0 bridgehead atoms. The lowest BCUT2D eigenvalue weighted by Crippen LogP contribution is -2.18. The van der Waals surface area contributed by atoms with Crippen molar-refractivity contribution in [3.8, 4) is 11.8 Å². The van der Waals surface area contributed by atoms with Crippen molar-refractivity contribution in [3.63, 3.8) is 0 Å². The summed E-state index contributed by atoms with van der Waals surface area (Å²) in [4.78, 5) is 0. The van der Waals surface area contributed by atoms with Crippen LogP contribution in [-0.2, 0) is 0 Å². The Morgan fingerprint density at radius 1 is 1.31 bits per heavy atom. The van der Waals surface area contributed by atoms with Crippen molar-refractivity contribution < 1.29 is 4.74 Å². The summed E-state index contributed by atoms with van der Waals surface area (Å²) in [5.41, 5.74) is 6.33. The van der Waals surface area contributed by atoms with E-state index in [0.717, 1.165) is 17.9 Å². The van der Waals surface area contributed by atoms with E-state index in [1.54, 1.807) is 24.3 Å². The molecule has 0 amide bonds. The molecule has 0 saturated carbocycles. The highest BCUT2D eigenvalue weighted by Crippen LogP contribution is 2.18. The molecule has 0 fully saturated rings. The third-order valence-electron chi connectivity index (χ3n) is 2.32. The van der Waals surface area contributed by atoms with E-state index in [4.69, 9.17) is 15.7 Å². The Hall–Kier alpha value is -2.05. The molecule has 0 aromatic heterocycles. The molecule has 1 aromatic carbocycles. The van der Waals surface area contributed by atoms with E-state index < -0.39 is 0 Å². The van der Waals surface area contributed by atoms with Crippen molar-refractivity contribution in [3.05, 3.63) is 53.8 Å². The fraction of sp³-hybridized carbons (Fsp3) is 0.154. The molecule has 1 atom stereocenters. The summed E-state index contributed by atoms with van der Waals surface area (Å²) in [5, 5.41) is 8.65. The van der Waals surface area contributed by atoms with Crippen molar-refractivity contribution in [1.82, 2.24) is 0 Å². The van der Waals surface area contributed by atoms with Crippen LogP contribution in [-0.4, -0.2) is 6.04 Å². The van der Waals surface area contributed by atoms with E-state index in [1.807, 2.05) is 18.2 Å². The summed E-state index contributed by atoms with van der Waals surface area (Å²) in [5.74, 6) is 1.52. The van der Waals surface area contributed by atoms with Crippen LogP contribution in [0.15, 0.2) is 48.3 Å². The normalized spacial score (nSPS) is 18.8. The summed E-state index contributed by atoms with van der Waals surface area (Å²) in [6.45, 7) is 0. The molecule has 0 saturated heterocycles. The second kappa shape index (κ2) is 4.65. The molecule has 0 spiro atoms. The molecule has 3 heteroatoms. The highest BCUT2D eigenvalue weighted by atomic mass is 16.5. The van der Waals surface area contributed by atoms with Crippen LogP contribution in [0, 0.1) is 11.3 Å². The zero-order valence-electron chi connectivity index (χ0n) is 8.76. The van der Waals surface area contributed by atoms with Gasteiger partial charge in [-0.2, -0.15) is 5.26 Å². The molecule has 3 nitrogen and oxygen atoms in total. The Morgan fingerprint density at radius 3 is 2.62 bits per heavy atom. The fourth-order valence-electron chi connectivity index (χ4n) is 1.43. The largest absolute Gasteiger partial charge is 0.458 e. The third kappa shape index (κ3) is 2.50. The van der Waals surface area contributed by atoms with Gasteiger partial charge in [-0.15, -0.1) is 0 Å². The van der Waals surface area contributed by atoms with Crippen molar-refractivity contribution in [2.24, 2.45) is 5.73 Å². The van der Waals surface area contributed by atoms with Gasteiger partial charge in [-0.1, -0.05) is 6.08 Å². The zero-order valence-corrected chi connectivity index (χ0v) is 8.76. The van der Waals surface area contributed by atoms with Crippen LogP contribution in [0.1, 0.15) is 12.0 Å². The molecule has 0 aliphatic heterocycles. The van der Waals surface area contributed by atoms with Crippen LogP contribution in [0.2, 0.25) is 0 Å². The van der Waals surface area contributed by atoms with Crippen molar-refractivity contribution >= 4 is 0 Å². The number of nitriles is 1. The third-order valence-corrected chi connectivity index (χ3v) is 2.32. The lowest BCUT2D eigenvalue weighted by Gasteiger charge is -2.12. The number of rotatable bonds is 2. The maximum absolute atomic E-state index is 8.65. The van der Waals surface area contributed by atoms with Gasteiger partial charge in [0.05, 0.1) is 11.6 Å². The average Bonchev–Trinajstić information content (AvgIpc) is 2.33. The van der Waals surface area contributed by atoms with Gasteiger partial charge in [-0.3, -0.25) is 0 Å². The molecule has 0 radical (unpaired) electrons. The number of nitrogens with two attached hydrogens (primary N) is 1. The Bertz CT molecular complexity index is 466. The molecule has 1 aromatic rings. The molecule has 1 aliphatic carbocycles. The van der Waals surface area contributed by atoms with Crippen LogP contribution in [0.4, 0.5) is 0 Å². The van der Waals surface area contributed by atoms with Crippen LogP contribution in [0.25, 0.3) is 0 Å². The number of hydrogen-bond acceptors (Lipinski definition) is 3. The van der Waals surface area contributed by atoms with Crippen LogP contribution in [0.5, 0.6) is 5.75 Å². The van der Waals surface area contributed by atoms with Gasteiger partial charge in [-0.05, 0) is 42.8 Å². The van der Waals surface area contributed by atoms with E-state index in [2.05, 4.69) is 6.07 Å². The molecule has 80 valence electrons. The molecular formula is C13H12N2O. The fourth-order valence-corrected chi connectivity index (χ4v) is 1.43. The average molecular weight is 212 g/mol. The summed E-state index contributed by atoms with van der Waals surface area (Å²) in [7, 11) is 0. The van der Waals surface area contributed by atoms with E-state index in [0.29, 0.717) is 5.56 Å². The van der Waals surface area contributed by atoms with E-state index in [9.17, 15) is 0 Å². The SMILES string of the molecule is N#Cc1ccc(OC2=CCC(N)C=C2)cc1. The minimum absolute atomic E-state index is 0.0910. The second-order valence-corrected chi connectivity index (χ2v) is 3.60. The summed E-state index contributed by atoms with van der Waals surface area (Å²) >= 11 is 0. The quantitative estimate of drug-likeness (QED) is 0.816. The van der Waals surface area contributed by atoms with Gasteiger partial charge >= 0.3 is 0 Å². The Kier molecular flexibility index (Phi) is 3.04. The maximum Gasteiger partial charge on any atom is 0.127 e. The van der Waals surface area contributed by atoms with Crippen LogP contribution >= 0.6 is 0 Å². The molecule has 2 N–H and O–H groups in total. The van der Waals surface area contributed by atoms with Crippen molar-refractivity contribution in [1.29, 1.82) is 5.26 Å². The van der Waals surface area contributed by atoms with E-state index in [1.165, 1.54) is 0 Å². The molecular weight excluding hydrogens is 200 g/mol. The Labute approximate surface area is 94.4 Å². The lowest BCUT2D eigenvalue weighted by molar-refractivity contribution is 0.437. The number of hydrogen-bond donors (Lipinski definition) is 1. The minimum atomic E-state index is 0.0910. The Morgan fingerprint density at radius 2 is 2.06 bits per heavy atom. The highest BCUT2D eigenvalue weighted by Gasteiger charge is 2.05. The molecule has 2 rings (SSSR count). The van der Waals surface area contributed by atoms with Crippen LogP contribution in [0.3, 0.4) is 0 Å². The predicted molar refractivity (Wildman–Crippen MR) is 61.6 cm³/mol. The lowest BCUT2D eigenvalue weighted by atomic mass is 10.1. The topological polar surface area (TPSA) is 59.0 Å². The Balaban J connectivity index is 2.05. The van der Waals surface area contributed by atoms with Crippen LogP contribution < -0.4 is 10.5 Å². The number of benzene rings is 1. The molecule has 0 heterocycles.